The summed E-state index contributed by atoms with van der Waals surface area (Å²) < 4.78 is 5.17. The van der Waals surface area contributed by atoms with Crippen LogP contribution in [0, 0.1) is 0 Å². The quantitative estimate of drug-likeness (QED) is 0.895. The molecule has 1 aromatic heterocycles. The number of methoxy groups -OCH3 is 1. The summed E-state index contributed by atoms with van der Waals surface area (Å²) in [6.07, 6.45) is 7.30. The van der Waals surface area contributed by atoms with Gasteiger partial charge in [0.2, 0.25) is 5.88 Å². The van der Waals surface area contributed by atoms with E-state index in [2.05, 4.69) is 50.5 Å². The number of fused-ring (bicyclic) bond motifs is 2. The third kappa shape index (κ3) is 3.42. The second-order valence-corrected chi connectivity index (χ2v) is 7.13. The predicted molar refractivity (Wildman–Crippen MR) is 97.9 cm³/mol. The van der Waals surface area contributed by atoms with Gasteiger partial charge in [0.15, 0.2) is 0 Å². The molecule has 2 aliphatic rings. The number of nitrogens with zero attached hydrogens (tertiary/aromatic N) is 3. The van der Waals surface area contributed by atoms with Crippen molar-refractivity contribution in [2.45, 2.75) is 50.4 Å². The Morgan fingerprint density at radius 2 is 1.96 bits per heavy atom. The summed E-state index contributed by atoms with van der Waals surface area (Å²) in [5, 5.41) is 3.17. The number of hydrogen-bond acceptors (Lipinski definition) is 5. The summed E-state index contributed by atoms with van der Waals surface area (Å²) in [6.45, 7) is 0.997. The van der Waals surface area contributed by atoms with Gasteiger partial charge in [0.25, 0.3) is 5.91 Å². The topological polar surface area (TPSA) is 67.3 Å². The average molecular weight is 352 g/mol. The largest absolute Gasteiger partial charge is 0.480 e. The molecule has 0 aliphatic carbocycles. The van der Waals surface area contributed by atoms with Gasteiger partial charge in [-0.1, -0.05) is 30.3 Å². The molecular weight excluding hydrogens is 328 g/mol. The molecule has 2 atom stereocenters. The third-order valence-electron chi connectivity index (χ3n) is 5.54. The van der Waals surface area contributed by atoms with Crippen LogP contribution in [0.25, 0.3) is 0 Å². The van der Waals surface area contributed by atoms with E-state index >= 15 is 0 Å². The van der Waals surface area contributed by atoms with E-state index in [-0.39, 0.29) is 11.9 Å². The molecule has 2 saturated heterocycles. The van der Waals surface area contributed by atoms with Crippen molar-refractivity contribution in [3.05, 3.63) is 54.0 Å². The summed E-state index contributed by atoms with van der Waals surface area (Å²) in [4.78, 5) is 23.2. The monoisotopic (exact) mass is 352 g/mol. The van der Waals surface area contributed by atoms with Crippen LogP contribution in [0.5, 0.6) is 5.88 Å². The Morgan fingerprint density at radius 3 is 2.65 bits per heavy atom. The standard InChI is InChI=1S/C20H24N4O2/c1-26-20-18(11-21-13-22-20)19(25)23-15-9-16-7-8-17(10-15)24(16)12-14-5-3-2-4-6-14/h2-6,11,13,15-17H,7-10,12H2,1H3,(H,23,25). The Morgan fingerprint density at radius 1 is 1.23 bits per heavy atom. The zero-order chi connectivity index (χ0) is 17.9. The summed E-state index contributed by atoms with van der Waals surface area (Å²) >= 11 is 0. The van der Waals surface area contributed by atoms with Gasteiger partial charge in [-0.25, -0.2) is 9.97 Å². The van der Waals surface area contributed by atoms with E-state index < -0.39 is 0 Å². The minimum absolute atomic E-state index is 0.150. The second kappa shape index (κ2) is 7.41. The van der Waals surface area contributed by atoms with Crippen LogP contribution in [-0.2, 0) is 6.54 Å². The van der Waals surface area contributed by atoms with Crippen LogP contribution in [0.1, 0.15) is 41.6 Å². The number of ether oxygens (including phenoxy) is 1. The smallest absolute Gasteiger partial charge is 0.258 e. The van der Waals surface area contributed by atoms with Crippen LogP contribution in [0.15, 0.2) is 42.9 Å². The Kier molecular flexibility index (Phi) is 4.84. The zero-order valence-electron chi connectivity index (χ0n) is 15.0. The highest BCUT2D eigenvalue weighted by atomic mass is 16.5. The van der Waals surface area contributed by atoms with Crippen LogP contribution in [0.3, 0.4) is 0 Å². The lowest BCUT2D eigenvalue weighted by Gasteiger charge is -2.39. The van der Waals surface area contributed by atoms with E-state index in [1.54, 1.807) is 0 Å². The molecule has 0 spiro atoms. The van der Waals surface area contributed by atoms with E-state index in [1.807, 2.05) is 0 Å². The molecular formula is C20H24N4O2. The van der Waals surface area contributed by atoms with Gasteiger partial charge in [-0.2, -0.15) is 0 Å². The predicted octanol–water partition coefficient (Wildman–Crippen LogP) is 2.41. The minimum atomic E-state index is -0.150. The normalized spacial score (nSPS) is 25.0. The molecule has 136 valence electrons. The Bertz CT molecular complexity index is 753. The number of nitrogens with one attached hydrogen (secondary N) is 1. The fourth-order valence-electron chi connectivity index (χ4n) is 4.34. The molecule has 1 amide bonds. The van der Waals surface area contributed by atoms with Crippen molar-refractivity contribution < 1.29 is 9.53 Å². The third-order valence-corrected chi connectivity index (χ3v) is 5.54. The Hall–Kier alpha value is -2.47. The van der Waals surface area contributed by atoms with Gasteiger partial charge < -0.3 is 10.1 Å². The first kappa shape index (κ1) is 17.0. The lowest BCUT2D eigenvalue weighted by molar-refractivity contribution is 0.0824. The van der Waals surface area contributed by atoms with E-state index in [0.717, 1.165) is 19.4 Å². The fourth-order valence-corrected chi connectivity index (χ4v) is 4.34. The van der Waals surface area contributed by atoms with E-state index in [1.165, 1.54) is 38.0 Å². The average Bonchev–Trinajstić information content (AvgIpc) is 2.90. The molecule has 2 aromatic rings. The highest BCUT2D eigenvalue weighted by Crippen LogP contribution is 2.37. The molecule has 1 aromatic carbocycles. The number of benzene rings is 1. The number of carbonyl (C=O) groups excluding carboxylic acids is 1. The van der Waals surface area contributed by atoms with Crippen LogP contribution >= 0.6 is 0 Å². The van der Waals surface area contributed by atoms with Crippen LogP contribution in [0.2, 0.25) is 0 Å². The molecule has 3 heterocycles. The SMILES string of the molecule is COc1ncncc1C(=O)NC1CC2CCC(C1)N2Cc1ccccc1. The zero-order valence-corrected chi connectivity index (χ0v) is 15.0. The molecule has 2 unspecified atom stereocenters. The van der Waals surface area contributed by atoms with Crippen LogP contribution in [0.4, 0.5) is 0 Å². The van der Waals surface area contributed by atoms with E-state index in [0.29, 0.717) is 23.5 Å². The lowest BCUT2D eigenvalue weighted by atomic mass is 9.96. The first-order valence-corrected chi connectivity index (χ1v) is 9.19. The molecule has 2 aliphatic heterocycles. The van der Waals surface area contributed by atoms with Crippen molar-refractivity contribution in [2.75, 3.05) is 7.11 Å². The van der Waals surface area contributed by atoms with Crippen molar-refractivity contribution in [2.24, 2.45) is 0 Å². The molecule has 4 rings (SSSR count). The first-order valence-electron chi connectivity index (χ1n) is 9.19. The molecule has 1 N–H and O–H groups in total. The van der Waals surface area contributed by atoms with E-state index in [4.69, 9.17) is 4.74 Å². The molecule has 6 nitrogen and oxygen atoms in total. The lowest BCUT2D eigenvalue weighted by Crippen LogP contribution is -2.50. The number of rotatable bonds is 5. The molecule has 2 bridgehead atoms. The number of amides is 1. The first-order chi connectivity index (χ1) is 12.7. The molecule has 2 fully saturated rings. The van der Waals surface area contributed by atoms with Crippen molar-refractivity contribution in [3.63, 3.8) is 0 Å². The summed E-state index contributed by atoms with van der Waals surface area (Å²) in [5.74, 6) is 0.172. The maximum Gasteiger partial charge on any atom is 0.258 e. The van der Waals surface area contributed by atoms with E-state index in [9.17, 15) is 4.79 Å². The van der Waals surface area contributed by atoms with Gasteiger partial charge in [-0.15, -0.1) is 0 Å². The fraction of sp³-hybridized carbons (Fsp3) is 0.450. The Balaban J connectivity index is 1.40. The van der Waals surface area contributed by atoms with Crippen LogP contribution in [-0.4, -0.2) is 46.0 Å². The summed E-state index contributed by atoms with van der Waals surface area (Å²) in [6, 6.07) is 11.9. The number of piperidine rings is 1. The highest BCUT2D eigenvalue weighted by molar-refractivity contribution is 5.96. The maximum atomic E-state index is 12.6. The molecule has 26 heavy (non-hydrogen) atoms. The molecule has 0 saturated carbocycles. The summed E-state index contributed by atoms with van der Waals surface area (Å²) in [5.41, 5.74) is 1.76. The minimum Gasteiger partial charge on any atom is -0.480 e. The van der Waals surface area contributed by atoms with Gasteiger partial charge in [-0.05, 0) is 31.2 Å². The highest BCUT2D eigenvalue weighted by Gasteiger charge is 2.41. The van der Waals surface area contributed by atoms with Gasteiger partial charge >= 0.3 is 0 Å². The van der Waals surface area contributed by atoms with Crippen molar-refractivity contribution in [3.8, 4) is 5.88 Å². The van der Waals surface area contributed by atoms with Gasteiger partial charge in [0.05, 0.1) is 7.11 Å². The second-order valence-electron chi connectivity index (χ2n) is 7.13. The van der Waals surface area contributed by atoms with Crippen molar-refractivity contribution >= 4 is 5.91 Å². The van der Waals surface area contributed by atoms with Crippen LogP contribution < -0.4 is 10.1 Å². The Labute approximate surface area is 153 Å². The number of carbonyl (C=O) groups is 1. The van der Waals surface area contributed by atoms with Crippen molar-refractivity contribution in [1.82, 2.24) is 20.2 Å². The van der Waals surface area contributed by atoms with Gasteiger partial charge in [-0.3, -0.25) is 9.69 Å². The van der Waals surface area contributed by atoms with Crippen molar-refractivity contribution in [1.29, 1.82) is 0 Å². The van der Waals surface area contributed by atoms with Gasteiger partial charge in [0, 0.05) is 30.9 Å². The molecule has 6 heteroatoms. The number of hydrogen-bond donors (Lipinski definition) is 1. The molecule has 0 radical (unpaired) electrons. The summed E-state index contributed by atoms with van der Waals surface area (Å²) in [7, 11) is 1.52. The number of aromatic nitrogens is 2. The van der Waals surface area contributed by atoms with Gasteiger partial charge in [0.1, 0.15) is 11.9 Å². The maximum absolute atomic E-state index is 12.6.